The molecule has 22 heavy (non-hydrogen) atoms. The van der Waals surface area contributed by atoms with Gasteiger partial charge in [0.15, 0.2) is 0 Å². The molecule has 1 rings (SSSR count). The van der Waals surface area contributed by atoms with E-state index in [0.717, 1.165) is 0 Å². The van der Waals surface area contributed by atoms with Crippen molar-refractivity contribution in [3.8, 4) is 0 Å². The van der Waals surface area contributed by atoms with E-state index >= 15 is 0 Å². The van der Waals surface area contributed by atoms with Gasteiger partial charge in [0, 0.05) is 24.6 Å². The monoisotopic (exact) mass is 326 g/mol. The molecule has 0 spiro atoms. The lowest BCUT2D eigenvalue weighted by Crippen LogP contribution is -2.25. The van der Waals surface area contributed by atoms with Crippen LogP contribution in [0.5, 0.6) is 0 Å². The molecule has 0 unspecified atom stereocenters. The third kappa shape index (κ3) is 5.73. The molecule has 0 bridgehead atoms. The Bertz CT molecular complexity index is 573. The van der Waals surface area contributed by atoms with Gasteiger partial charge in [-0.2, -0.15) is 0 Å². The molecule has 0 radical (unpaired) electrons. The van der Waals surface area contributed by atoms with Crippen molar-refractivity contribution in [1.82, 2.24) is 5.32 Å². The summed E-state index contributed by atoms with van der Waals surface area (Å²) in [5.41, 5.74) is 0.720. The van der Waals surface area contributed by atoms with Crippen LogP contribution in [0.4, 0.5) is 5.69 Å². The average molecular weight is 327 g/mol. The van der Waals surface area contributed by atoms with E-state index in [1.807, 2.05) is 0 Å². The quantitative estimate of drug-likeness (QED) is 0.671. The van der Waals surface area contributed by atoms with Crippen molar-refractivity contribution < 1.29 is 19.5 Å². The van der Waals surface area contributed by atoms with Gasteiger partial charge in [0.25, 0.3) is 5.91 Å². The SMILES string of the molecule is CC(C)C(=O)Nc1ccc(Cl)c(C(=O)NCCCC(=O)O)c1. The lowest BCUT2D eigenvalue weighted by molar-refractivity contribution is -0.137. The smallest absolute Gasteiger partial charge is 0.303 e. The number of anilines is 1. The Hall–Kier alpha value is -2.08. The Labute approximate surface area is 133 Å². The molecule has 0 atom stereocenters. The van der Waals surface area contributed by atoms with E-state index < -0.39 is 11.9 Å². The van der Waals surface area contributed by atoms with Crippen molar-refractivity contribution in [2.24, 2.45) is 5.92 Å². The summed E-state index contributed by atoms with van der Waals surface area (Å²) in [5, 5.41) is 14.1. The van der Waals surface area contributed by atoms with Gasteiger partial charge in [0.2, 0.25) is 5.91 Å². The standard InChI is InChI=1S/C15H19ClN2O4/c1-9(2)14(21)18-10-5-6-12(16)11(8-10)15(22)17-7-3-4-13(19)20/h5-6,8-9H,3-4,7H2,1-2H3,(H,17,22)(H,18,21)(H,19,20). The summed E-state index contributed by atoms with van der Waals surface area (Å²) in [4.78, 5) is 34.1. The van der Waals surface area contributed by atoms with Crippen LogP contribution in [-0.4, -0.2) is 29.4 Å². The summed E-state index contributed by atoms with van der Waals surface area (Å²) < 4.78 is 0. The van der Waals surface area contributed by atoms with Gasteiger partial charge in [-0.25, -0.2) is 0 Å². The fraction of sp³-hybridized carbons (Fsp3) is 0.400. The minimum absolute atomic E-state index is 0.0154. The fourth-order valence-electron chi connectivity index (χ4n) is 1.60. The predicted octanol–water partition coefficient (Wildman–Crippen LogP) is 2.53. The van der Waals surface area contributed by atoms with Crippen LogP contribution in [0.3, 0.4) is 0 Å². The van der Waals surface area contributed by atoms with Gasteiger partial charge in [-0.15, -0.1) is 0 Å². The second kappa shape index (κ2) is 8.38. The zero-order valence-electron chi connectivity index (χ0n) is 12.5. The number of aliphatic carboxylic acids is 1. The largest absolute Gasteiger partial charge is 0.481 e. The number of amides is 2. The number of halogens is 1. The van der Waals surface area contributed by atoms with Crippen LogP contribution in [0.15, 0.2) is 18.2 Å². The van der Waals surface area contributed by atoms with Crippen molar-refractivity contribution >= 4 is 35.1 Å². The van der Waals surface area contributed by atoms with Crippen molar-refractivity contribution in [2.45, 2.75) is 26.7 Å². The third-order valence-electron chi connectivity index (χ3n) is 2.86. The van der Waals surface area contributed by atoms with Gasteiger partial charge in [-0.05, 0) is 24.6 Å². The summed E-state index contributed by atoms with van der Waals surface area (Å²) in [6.07, 6.45) is 0.320. The number of hydrogen-bond donors (Lipinski definition) is 3. The molecule has 0 saturated carbocycles. The first-order chi connectivity index (χ1) is 10.3. The van der Waals surface area contributed by atoms with Crippen LogP contribution < -0.4 is 10.6 Å². The molecule has 2 amide bonds. The number of carbonyl (C=O) groups is 3. The molecule has 0 heterocycles. The van der Waals surface area contributed by atoms with Crippen LogP contribution in [0.2, 0.25) is 5.02 Å². The van der Waals surface area contributed by atoms with E-state index in [9.17, 15) is 14.4 Å². The zero-order valence-corrected chi connectivity index (χ0v) is 13.2. The molecule has 0 aliphatic carbocycles. The lowest BCUT2D eigenvalue weighted by atomic mass is 10.1. The molecule has 3 N–H and O–H groups in total. The number of benzene rings is 1. The Morgan fingerprint density at radius 3 is 2.55 bits per heavy atom. The number of hydrogen-bond acceptors (Lipinski definition) is 3. The van der Waals surface area contributed by atoms with Gasteiger partial charge in [0.1, 0.15) is 0 Å². The molecule has 6 nitrogen and oxygen atoms in total. The molecule has 1 aromatic carbocycles. The molecular formula is C15H19ClN2O4. The highest BCUT2D eigenvalue weighted by molar-refractivity contribution is 6.34. The summed E-state index contributed by atoms with van der Waals surface area (Å²) in [6, 6.07) is 4.64. The van der Waals surface area contributed by atoms with Crippen LogP contribution in [0.25, 0.3) is 0 Å². The predicted molar refractivity (Wildman–Crippen MR) is 84.1 cm³/mol. The first-order valence-electron chi connectivity index (χ1n) is 6.91. The molecule has 0 fully saturated rings. The number of carbonyl (C=O) groups excluding carboxylic acids is 2. The first kappa shape index (κ1) is 18.0. The van der Waals surface area contributed by atoms with Crippen LogP contribution >= 0.6 is 11.6 Å². The average Bonchev–Trinajstić information content (AvgIpc) is 2.45. The Kier molecular flexibility index (Phi) is 6.85. The number of nitrogens with one attached hydrogen (secondary N) is 2. The summed E-state index contributed by atoms with van der Waals surface area (Å²) >= 11 is 5.99. The van der Waals surface area contributed by atoms with E-state index in [1.54, 1.807) is 19.9 Å². The van der Waals surface area contributed by atoms with Crippen molar-refractivity contribution in [1.29, 1.82) is 0 Å². The lowest BCUT2D eigenvalue weighted by Gasteiger charge is -2.11. The highest BCUT2D eigenvalue weighted by Crippen LogP contribution is 2.21. The van der Waals surface area contributed by atoms with Gasteiger partial charge in [0.05, 0.1) is 10.6 Å². The maximum Gasteiger partial charge on any atom is 0.303 e. The second-order valence-electron chi connectivity index (χ2n) is 5.09. The zero-order chi connectivity index (χ0) is 16.7. The van der Waals surface area contributed by atoms with E-state index in [4.69, 9.17) is 16.7 Å². The molecule has 7 heteroatoms. The summed E-state index contributed by atoms with van der Waals surface area (Å²) in [5.74, 6) is -1.65. The topological polar surface area (TPSA) is 95.5 Å². The van der Waals surface area contributed by atoms with E-state index in [-0.39, 0.29) is 35.4 Å². The van der Waals surface area contributed by atoms with Gasteiger partial charge in [-0.3, -0.25) is 14.4 Å². The van der Waals surface area contributed by atoms with Gasteiger partial charge < -0.3 is 15.7 Å². The minimum atomic E-state index is -0.911. The van der Waals surface area contributed by atoms with Crippen LogP contribution in [0, 0.1) is 5.92 Å². The number of carboxylic acids is 1. The Balaban J connectivity index is 2.70. The van der Waals surface area contributed by atoms with E-state index in [1.165, 1.54) is 12.1 Å². The van der Waals surface area contributed by atoms with Gasteiger partial charge in [-0.1, -0.05) is 25.4 Å². The molecule has 120 valence electrons. The van der Waals surface area contributed by atoms with Crippen molar-refractivity contribution in [3.63, 3.8) is 0 Å². The second-order valence-corrected chi connectivity index (χ2v) is 5.50. The number of carboxylic acid groups (broad SMARTS) is 1. The van der Waals surface area contributed by atoms with E-state index in [0.29, 0.717) is 12.1 Å². The molecule has 0 aromatic heterocycles. The van der Waals surface area contributed by atoms with Crippen molar-refractivity contribution in [2.75, 3.05) is 11.9 Å². The number of rotatable bonds is 7. The van der Waals surface area contributed by atoms with Crippen LogP contribution in [0.1, 0.15) is 37.0 Å². The molecule has 0 saturated heterocycles. The summed E-state index contributed by atoms with van der Waals surface area (Å²) in [7, 11) is 0. The highest BCUT2D eigenvalue weighted by atomic mass is 35.5. The molecular weight excluding hydrogens is 308 g/mol. The molecule has 1 aromatic rings. The van der Waals surface area contributed by atoms with Gasteiger partial charge >= 0.3 is 5.97 Å². The van der Waals surface area contributed by atoms with E-state index in [2.05, 4.69) is 10.6 Å². The maximum absolute atomic E-state index is 12.0. The highest BCUT2D eigenvalue weighted by Gasteiger charge is 2.13. The normalized spacial score (nSPS) is 10.4. The third-order valence-corrected chi connectivity index (χ3v) is 3.19. The van der Waals surface area contributed by atoms with Crippen molar-refractivity contribution in [3.05, 3.63) is 28.8 Å². The minimum Gasteiger partial charge on any atom is -0.481 e. The summed E-state index contributed by atoms with van der Waals surface area (Å²) in [6.45, 7) is 3.77. The first-order valence-corrected chi connectivity index (χ1v) is 7.29. The fourth-order valence-corrected chi connectivity index (χ4v) is 1.80. The Morgan fingerprint density at radius 2 is 1.95 bits per heavy atom. The molecule has 0 aliphatic heterocycles. The van der Waals surface area contributed by atoms with Crippen LogP contribution in [-0.2, 0) is 9.59 Å². The maximum atomic E-state index is 12.0. The Morgan fingerprint density at radius 1 is 1.27 bits per heavy atom. The molecule has 0 aliphatic rings.